The number of halogens is 3. The lowest BCUT2D eigenvalue weighted by molar-refractivity contribution is -0.135. The van der Waals surface area contributed by atoms with E-state index in [4.69, 9.17) is 4.74 Å². The average molecular weight is 212 g/mol. The van der Waals surface area contributed by atoms with Crippen LogP contribution in [0.25, 0.3) is 0 Å². The summed E-state index contributed by atoms with van der Waals surface area (Å²) in [5, 5.41) is 0. The van der Waals surface area contributed by atoms with Gasteiger partial charge in [0.05, 0.1) is 5.60 Å². The van der Waals surface area contributed by atoms with Crippen molar-refractivity contribution in [1.82, 2.24) is 0 Å². The van der Waals surface area contributed by atoms with E-state index in [0.29, 0.717) is 19.4 Å². The predicted molar refractivity (Wildman–Crippen MR) is 50.2 cm³/mol. The Morgan fingerprint density at radius 2 is 1.50 bits per heavy atom. The van der Waals surface area contributed by atoms with Crippen LogP contribution in [0.1, 0.15) is 46.5 Å². The molecule has 0 saturated carbocycles. The first-order valence-corrected chi connectivity index (χ1v) is 4.91. The summed E-state index contributed by atoms with van der Waals surface area (Å²) in [6.45, 7) is 6.34. The molecule has 0 bridgehead atoms. The SMILES string of the molecule is CC(C)(C)OCCCCCC(F)(F)F. The summed E-state index contributed by atoms with van der Waals surface area (Å²) in [5.74, 6) is 0. The lowest BCUT2D eigenvalue weighted by Crippen LogP contribution is -2.19. The lowest BCUT2D eigenvalue weighted by Gasteiger charge is -2.19. The minimum atomic E-state index is -4.01. The zero-order valence-electron chi connectivity index (χ0n) is 9.08. The van der Waals surface area contributed by atoms with Gasteiger partial charge in [-0.3, -0.25) is 0 Å². The Bertz CT molecular complexity index is 128. The van der Waals surface area contributed by atoms with Gasteiger partial charge in [-0.25, -0.2) is 0 Å². The quantitative estimate of drug-likeness (QED) is 0.627. The van der Waals surface area contributed by atoms with Crippen LogP contribution in [0, 0.1) is 0 Å². The smallest absolute Gasteiger partial charge is 0.376 e. The fraction of sp³-hybridized carbons (Fsp3) is 1.00. The summed E-state index contributed by atoms with van der Waals surface area (Å²) < 4.78 is 40.5. The van der Waals surface area contributed by atoms with Gasteiger partial charge < -0.3 is 4.74 Å². The number of alkyl halides is 3. The van der Waals surface area contributed by atoms with Crippen LogP contribution in [0.2, 0.25) is 0 Å². The molecule has 0 N–H and O–H groups in total. The van der Waals surface area contributed by atoms with Crippen LogP contribution in [0.3, 0.4) is 0 Å². The first-order chi connectivity index (χ1) is 6.21. The molecular weight excluding hydrogens is 193 g/mol. The summed E-state index contributed by atoms with van der Waals surface area (Å²) in [5.41, 5.74) is -0.190. The highest BCUT2D eigenvalue weighted by atomic mass is 19.4. The van der Waals surface area contributed by atoms with Gasteiger partial charge in [-0.15, -0.1) is 0 Å². The van der Waals surface area contributed by atoms with Crippen LogP contribution < -0.4 is 0 Å². The van der Waals surface area contributed by atoms with E-state index in [1.165, 1.54) is 0 Å². The van der Waals surface area contributed by atoms with Crippen molar-refractivity contribution in [1.29, 1.82) is 0 Å². The summed E-state index contributed by atoms with van der Waals surface area (Å²) >= 11 is 0. The standard InChI is InChI=1S/C10H19F3O/c1-9(2,3)14-8-6-4-5-7-10(11,12)13/h4-8H2,1-3H3. The Labute approximate surface area is 83.6 Å². The van der Waals surface area contributed by atoms with Crippen molar-refractivity contribution >= 4 is 0 Å². The van der Waals surface area contributed by atoms with Crippen molar-refractivity contribution in [3.8, 4) is 0 Å². The summed E-state index contributed by atoms with van der Waals surface area (Å²) in [6, 6.07) is 0. The van der Waals surface area contributed by atoms with Crippen molar-refractivity contribution in [3.63, 3.8) is 0 Å². The topological polar surface area (TPSA) is 9.23 Å². The molecule has 86 valence electrons. The molecule has 0 unspecified atom stereocenters. The second kappa shape index (κ2) is 5.59. The Kier molecular flexibility index (Phi) is 5.49. The van der Waals surface area contributed by atoms with E-state index in [2.05, 4.69) is 0 Å². The number of ether oxygens (including phenoxy) is 1. The molecule has 0 fully saturated rings. The maximum absolute atomic E-state index is 11.7. The highest BCUT2D eigenvalue weighted by Crippen LogP contribution is 2.22. The number of hydrogen-bond donors (Lipinski definition) is 0. The van der Waals surface area contributed by atoms with E-state index in [1.807, 2.05) is 20.8 Å². The molecule has 4 heteroatoms. The molecule has 0 aliphatic carbocycles. The van der Waals surface area contributed by atoms with Crippen LogP contribution in [-0.4, -0.2) is 18.4 Å². The van der Waals surface area contributed by atoms with Gasteiger partial charge in [-0.2, -0.15) is 13.2 Å². The largest absolute Gasteiger partial charge is 0.389 e. The minimum absolute atomic E-state index is 0.190. The zero-order valence-corrected chi connectivity index (χ0v) is 9.08. The van der Waals surface area contributed by atoms with Gasteiger partial charge in [-0.1, -0.05) is 6.42 Å². The highest BCUT2D eigenvalue weighted by Gasteiger charge is 2.25. The third-order valence-electron chi connectivity index (χ3n) is 1.64. The van der Waals surface area contributed by atoms with Crippen molar-refractivity contribution in [2.45, 2.75) is 58.2 Å². The second-order valence-electron chi connectivity index (χ2n) is 4.39. The molecule has 0 aromatic rings. The van der Waals surface area contributed by atoms with Crippen LogP contribution >= 0.6 is 0 Å². The van der Waals surface area contributed by atoms with Gasteiger partial charge in [0, 0.05) is 13.0 Å². The highest BCUT2D eigenvalue weighted by molar-refractivity contribution is 4.58. The minimum Gasteiger partial charge on any atom is -0.376 e. The number of rotatable bonds is 5. The molecule has 1 nitrogen and oxygen atoms in total. The molecule has 0 saturated heterocycles. The Hall–Kier alpha value is -0.250. The molecular formula is C10H19F3O. The van der Waals surface area contributed by atoms with Crippen molar-refractivity contribution in [3.05, 3.63) is 0 Å². The molecule has 0 rings (SSSR count). The zero-order chi connectivity index (χ0) is 11.2. The Morgan fingerprint density at radius 1 is 0.929 bits per heavy atom. The molecule has 0 amide bonds. The van der Waals surface area contributed by atoms with Crippen molar-refractivity contribution < 1.29 is 17.9 Å². The number of hydrogen-bond acceptors (Lipinski definition) is 1. The van der Waals surface area contributed by atoms with Crippen molar-refractivity contribution in [2.24, 2.45) is 0 Å². The van der Waals surface area contributed by atoms with E-state index in [0.717, 1.165) is 0 Å². The summed E-state index contributed by atoms with van der Waals surface area (Å²) in [4.78, 5) is 0. The van der Waals surface area contributed by atoms with Gasteiger partial charge >= 0.3 is 6.18 Å². The van der Waals surface area contributed by atoms with Crippen LogP contribution in [0.4, 0.5) is 13.2 Å². The van der Waals surface area contributed by atoms with Crippen LogP contribution in [0.15, 0.2) is 0 Å². The Morgan fingerprint density at radius 3 is 1.93 bits per heavy atom. The monoisotopic (exact) mass is 212 g/mol. The van der Waals surface area contributed by atoms with Gasteiger partial charge in [-0.05, 0) is 33.6 Å². The molecule has 0 aromatic carbocycles. The third kappa shape index (κ3) is 11.8. The van der Waals surface area contributed by atoms with E-state index >= 15 is 0 Å². The fourth-order valence-corrected chi connectivity index (χ4v) is 0.983. The molecule has 0 radical (unpaired) electrons. The Balaban J connectivity index is 3.23. The first kappa shape index (κ1) is 13.8. The predicted octanol–water partition coefficient (Wildman–Crippen LogP) is 3.92. The van der Waals surface area contributed by atoms with Crippen molar-refractivity contribution in [2.75, 3.05) is 6.61 Å². The second-order valence-corrected chi connectivity index (χ2v) is 4.39. The number of unbranched alkanes of at least 4 members (excludes halogenated alkanes) is 2. The van der Waals surface area contributed by atoms with Gasteiger partial charge in [0.25, 0.3) is 0 Å². The molecule has 0 atom stereocenters. The van der Waals surface area contributed by atoms with E-state index < -0.39 is 12.6 Å². The molecule has 0 spiro atoms. The normalized spacial score (nSPS) is 13.3. The molecule has 0 aliphatic rings. The van der Waals surface area contributed by atoms with E-state index in [9.17, 15) is 13.2 Å². The third-order valence-corrected chi connectivity index (χ3v) is 1.64. The van der Waals surface area contributed by atoms with Gasteiger partial charge in [0.1, 0.15) is 0 Å². The molecule has 14 heavy (non-hydrogen) atoms. The van der Waals surface area contributed by atoms with E-state index in [1.54, 1.807) is 0 Å². The summed E-state index contributed by atoms with van der Waals surface area (Å²) in [7, 11) is 0. The first-order valence-electron chi connectivity index (χ1n) is 4.91. The maximum atomic E-state index is 11.7. The summed E-state index contributed by atoms with van der Waals surface area (Å²) in [6.07, 6.45) is -3.20. The van der Waals surface area contributed by atoms with Gasteiger partial charge in [0.15, 0.2) is 0 Å². The molecule has 0 heterocycles. The van der Waals surface area contributed by atoms with Crippen LogP contribution in [0.5, 0.6) is 0 Å². The average Bonchev–Trinajstić information content (AvgIpc) is 1.92. The lowest BCUT2D eigenvalue weighted by atomic mass is 10.1. The fourth-order valence-electron chi connectivity index (χ4n) is 0.983. The molecule has 0 aliphatic heterocycles. The van der Waals surface area contributed by atoms with Gasteiger partial charge in [0.2, 0.25) is 0 Å². The van der Waals surface area contributed by atoms with Crippen LogP contribution in [-0.2, 0) is 4.74 Å². The van der Waals surface area contributed by atoms with E-state index in [-0.39, 0.29) is 12.0 Å². The maximum Gasteiger partial charge on any atom is 0.389 e. The molecule has 0 aromatic heterocycles.